The monoisotopic (exact) mass is 406 g/mol. The summed E-state index contributed by atoms with van der Waals surface area (Å²) in [4.78, 5) is 28.7. The molecule has 1 amide bonds. The number of non-ortho nitro benzene ring substituents is 1. The van der Waals surface area contributed by atoms with Gasteiger partial charge in [-0.3, -0.25) is 19.8 Å². The van der Waals surface area contributed by atoms with Gasteiger partial charge in [0.1, 0.15) is 0 Å². The van der Waals surface area contributed by atoms with Crippen molar-refractivity contribution in [1.82, 2.24) is 10.2 Å². The lowest BCUT2D eigenvalue weighted by Gasteiger charge is -2.49. The summed E-state index contributed by atoms with van der Waals surface area (Å²) >= 11 is 0. The number of nitro groups is 1. The van der Waals surface area contributed by atoms with Crippen LogP contribution in [0.15, 0.2) is 48.5 Å². The summed E-state index contributed by atoms with van der Waals surface area (Å²) in [5.74, 6) is -0.107. The zero-order valence-corrected chi connectivity index (χ0v) is 16.9. The zero-order valence-electron chi connectivity index (χ0n) is 16.9. The lowest BCUT2D eigenvalue weighted by atomic mass is 9.83. The number of piperazine rings is 1. The molecule has 2 atom stereocenters. The van der Waals surface area contributed by atoms with Crippen LogP contribution in [-0.2, 0) is 17.8 Å². The van der Waals surface area contributed by atoms with Crippen LogP contribution in [0.5, 0.6) is 0 Å². The average molecular weight is 406 g/mol. The van der Waals surface area contributed by atoms with Gasteiger partial charge in [-0.1, -0.05) is 30.3 Å². The number of nitro benzene ring substituents is 1. The highest BCUT2D eigenvalue weighted by Crippen LogP contribution is 2.38. The SMILES string of the molecule is O=C(NC1CC1)[C@H]1Cc2cc([N+](=O)[O-])ccc2N2CCN(Cc3ccccc3)C[C@@H]12. The van der Waals surface area contributed by atoms with E-state index in [1.807, 2.05) is 12.1 Å². The second kappa shape index (κ2) is 7.72. The molecule has 1 saturated heterocycles. The Balaban J connectivity index is 1.42. The predicted molar refractivity (Wildman–Crippen MR) is 114 cm³/mol. The first-order valence-corrected chi connectivity index (χ1v) is 10.7. The van der Waals surface area contributed by atoms with E-state index in [-0.39, 0.29) is 28.5 Å². The van der Waals surface area contributed by atoms with E-state index in [2.05, 4.69) is 39.4 Å². The highest BCUT2D eigenvalue weighted by Gasteiger charge is 2.42. The van der Waals surface area contributed by atoms with Crippen LogP contribution in [0.25, 0.3) is 0 Å². The summed E-state index contributed by atoms with van der Waals surface area (Å²) in [5, 5.41) is 14.4. The minimum atomic E-state index is -0.358. The van der Waals surface area contributed by atoms with Crippen LogP contribution in [-0.4, -0.2) is 47.4 Å². The standard InChI is InChI=1S/C23H26N4O3/c28-23(24-18-6-7-18)20-13-17-12-19(27(29)30)8-9-21(17)26-11-10-25(15-22(20)26)14-16-4-2-1-3-5-16/h1-5,8-9,12,18,20,22H,6-7,10-11,13-15H2,(H,24,28)/t20-,22-/m0/s1. The highest BCUT2D eigenvalue weighted by atomic mass is 16.6. The van der Waals surface area contributed by atoms with Crippen molar-refractivity contribution in [2.24, 2.45) is 5.92 Å². The lowest BCUT2D eigenvalue weighted by molar-refractivity contribution is -0.384. The van der Waals surface area contributed by atoms with Crippen molar-refractivity contribution >= 4 is 17.3 Å². The van der Waals surface area contributed by atoms with E-state index in [0.29, 0.717) is 12.5 Å². The van der Waals surface area contributed by atoms with Gasteiger partial charge in [0, 0.05) is 50.0 Å². The Labute approximate surface area is 175 Å². The van der Waals surface area contributed by atoms with Crippen molar-refractivity contribution in [2.75, 3.05) is 24.5 Å². The molecule has 2 aromatic carbocycles. The topological polar surface area (TPSA) is 78.7 Å². The Morgan fingerprint density at radius 3 is 2.67 bits per heavy atom. The van der Waals surface area contributed by atoms with Crippen LogP contribution < -0.4 is 10.2 Å². The molecule has 0 unspecified atom stereocenters. The molecule has 1 saturated carbocycles. The Morgan fingerprint density at radius 2 is 1.93 bits per heavy atom. The number of hydrogen-bond donors (Lipinski definition) is 1. The molecule has 0 radical (unpaired) electrons. The predicted octanol–water partition coefficient (Wildman–Crippen LogP) is 2.74. The van der Waals surface area contributed by atoms with Crippen molar-refractivity contribution in [3.8, 4) is 0 Å². The maximum absolute atomic E-state index is 13.1. The molecule has 1 aliphatic carbocycles. The molecule has 7 nitrogen and oxygen atoms in total. The Hall–Kier alpha value is -2.93. The number of carbonyl (C=O) groups excluding carboxylic acids is 1. The van der Waals surface area contributed by atoms with Gasteiger partial charge in [0.25, 0.3) is 5.69 Å². The van der Waals surface area contributed by atoms with Crippen LogP contribution in [0.2, 0.25) is 0 Å². The molecule has 1 N–H and O–H groups in total. The first kappa shape index (κ1) is 19.1. The normalized spacial score (nSPS) is 23.4. The maximum Gasteiger partial charge on any atom is 0.269 e. The van der Waals surface area contributed by atoms with Crippen molar-refractivity contribution in [1.29, 1.82) is 0 Å². The van der Waals surface area contributed by atoms with Gasteiger partial charge in [0.05, 0.1) is 16.9 Å². The Morgan fingerprint density at radius 1 is 1.13 bits per heavy atom. The number of benzene rings is 2. The minimum Gasteiger partial charge on any atom is -0.365 e. The third kappa shape index (κ3) is 3.77. The molecule has 5 rings (SSSR count). The quantitative estimate of drug-likeness (QED) is 0.610. The number of carbonyl (C=O) groups is 1. The first-order valence-electron chi connectivity index (χ1n) is 10.7. The summed E-state index contributed by atoms with van der Waals surface area (Å²) in [6.45, 7) is 3.40. The number of amides is 1. The van der Waals surface area contributed by atoms with E-state index in [9.17, 15) is 14.9 Å². The summed E-state index contributed by atoms with van der Waals surface area (Å²) < 4.78 is 0. The summed E-state index contributed by atoms with van der Waals surface area (Å²) in [6.07, 6.45) is 2.65. The summed E-state index contributed by atoms with van der Waals surface area (Å²) in [6, 6.07) is 15.9. The largest absolute Gasteiger partial charge is 0.365 e. The summed E-state index contributed by atoms with van der Waals surface area (Å²) in [7, 11) is 0. The van der Waals surface area contributed by atoms with Gasteiger partial charge in [0.2, 0.25) is 5.91 Å². The molecular formula is C23H26N4O3. The van der Waals surface area contributed by atoms with Crippen LogP contribution in [0.4, 0.5) is 11.4 Å². The molecule has 2 fully saturated rings. The molecule has 156 valence electrons. The van der Waals surface area contributed by atoms with Gasteiger partial charge in [-0.05, 0) is 36.5 Å². The number of rotatable bonds is 5. The number of nitrogens with zero attached hydrogens (tertiary/aromatic N) is 3. The third-order valence-corrected chi connectivity index (χ3v) is 6.50. The van der Waals surface area contributed by atoms with Crippen molar-refractivity contribution < 1.29 is 9.72 Å². The second-order valence-corrected chi connectivity index (χ2v) is 8.65. The Bertz CT molecular complexity index is 960. The van der Waals surface area contributed by atoms with E-state index in [0.717, 1.165) is 50.3 Å². The van der Waals surface area contributed by atoms with E-state index in [1.165, 1.54) is 5.56 Å². The number of anilines is 1. The molecule has 0 spiro atoms. The number of hydrogen-bond acceptors (Lipinski definition) is 5. The molecule has 2 aliphatic heterocycles. The lowest BCUT2D eigenvalue weighted by Crippen LogP contribution is -2.61. The van der Waals surface area contributed by atoms with Gasteiger partial charge in [-0.15, -0.1) is 0 Å². The third-order valence-electron chi connectivity index (χ3n) is 6.50. The Kier molecular flexibility index (Phi) is 4.90. The van der Waals surface area contributed by atoms with Crippen molar-refractivity contribution in [2.45, 2.75) is 37.9 Å². The fourth-order valence-corrected chi connectivity index (χ4v) is 4.80. The van der Waals surface area contributed by atoms with E-state index in [1.54, 1.807) is 12.1 Å². The molecule has 3 aliphatic rings. The molecular weight excluding hydrogens is 380 g/mol. The average Bonchev–Trinajstić information content (AvgIpc) is 3.57. The van der Waals surface area contributed by atoms with E-state index >= 15 is 0 Å². The van der Waals surface area contributed by atoms with E-state index < -0.39 is 0 Å². The highest BCUT2D eigenvalue weighted by molar-refractivity contribution is 5.82. The van der Waals surface area contributed by atoms with Crippen molar-refractivity contribution in [3.05, 3.63) is 69.8 Å². The van der Waals surface area contributed by atoms with Gasteiger partial charge >= 0.3 is 0 Å². The molecule has 7 heteroatoms. The zero-order chi connectivity index (χ0) is 20.7. The molecule has 2 heterocycles. The van der Waals surface area contributed by atoms with Crippen molar-refractivity contribution in [3.63, 3.8) is 0 Å². The fraction of sp³-hybridized carbons (Fsp3) is 0.435. The fourth-order valence-electron chi connectivity index (χ4n) is 4.80. The smallest absolute Gasteiger partial charge is 0.269 e. The number of nitrogens with one attached hydrogen (secondary N) is 1. The molecule has 0 aromatic heterocycles. The summed E-state index contributed by atoms with van der Waals surface area (Å²) in [5.41, 5.74) is 3.32. The van der Waals surface area contributed by atoms with Crippen LogP contribution >= 0.6 is 0 Å². The first-order chi connectivity index (χ1) is 14.6. The maximum atomic E-state index is 13.1. The molecule has 0 bridgehead atoms. The second-order valence-electron chi connectivity index (χ2n) is 8.65. The number of fused-ring (bicyclic) bond motifs is 3. The van der Waals surface area contributed by atoms with Crippen LogP contribution in [0.3, 0.4) is 0 Å². The van der Waals surface area contributed by atoms with Crippen LogP contribution in [0, 0.1) is 16.0 Å². The van der Waals surface area contributed by atoms with Gasteiger partial charge < -0.3 is 10.2 Å². The molecule has 2 aromatic rings. The van der Waals surface area contributed by atoms with Gasteiger partial charge in [-0.25, -0.2) is 0 Å². The van der Waals surface area contributed by atoms with E-state index in [4.69, 9.17) is 0 Å². The minimum absolute atomic E-state index is 0.0789. The molecule has 30 heavy (non-hydrogen) atoms. The van der Waals surface area contributed by atoms with Crippen LogP contribution in [0.1, 0.15) is 24.0 Å². The van der Waals surface area contributed by atoms with Gasteiger partial charge in [-0.2, -0.15) is 0 Å². The van der Waals surface area contributed by atoms with Gasteiger partial charge in [0.15, 0.2) is 0 Å².